The monoisotopic (exact) mass is 582 g/mol. The maximum atomic E-state index is 13.2. The number of nitro groups is 1. The average molecular weight is 583 g/mol. The van der Waals surface area contributed by atoms with Gasteiger partial charge in [-0.05, 0) is 43.7 Å². The van der Waals surface area contributed by atoms with Gasteiger partial charge in [0.2, 0.25) is 0 Å². The number of carbonyl (C=O) groups excluding carboxylic acids is 3. The van der Waals surface area contributed by atoms with Gasteiger partial charge in [-0.2, -0.15) is 13.2 Å². The highest BCUT2D eigenvalue weighted by Gasteiger charge is 2.44. The van der Waals surface area contributed by atoms with Crippen LogP contribution in [0, 0.1) is 16.0 Å². The highest BCUT2D eigenvalue weighted by atomic mass is 35.5. The molecule has 0 spiro atoms. The van der Waals surface area contributed by atoms with Crippen LogP contribution in [0.1, 0.15) is 35.7 Å². The number of nitrogens with zero attached hydrogens (tertiary/aromatic N) is 2. The van der Waals surface area contributed by atoms with Gasteiger partial charge in [0.05, 0.1) is 16.1 Å². The summed E-state index contributed by atoms with van der Waals surface area (Å²) in [5.74, 6) is -5.88. The van der Waals surface area contributed by atoms with Crippen molar-refractivity contribution < 1.29 is 46.7 Å². The van der Waals surface area contributed by atoms with E-state index in [0.717, 1.165) is 6.07 Å². The Kier molecular flexibility index (Phi) is 9.64. The lowest BCUT2D eigenvalue weighted by Gasteiger charge is -2.31. The van der Waals surface area contributed by atoms with Gasteiger partial charge in [0.1, 0.15) is 19.1 Å². The molecule has 0 aliphatic carbocycles. The second-order valence-electron chi connectivity index (χ2n) is 8.56. The molecule has 0 bridgehead atoms. The average Bonchev–Trinajstić information content (AvgIpc) is 2.89. The third kappa shape index (κ3) is 7.65. The summed E-state index contributed by atoms with van der Waals surface area (Å²) < 4.78 is 53.0. The third-order valence-electron chi connectivity index (χ3n) is 5.75. The van der Waals surface area contributed by atoms with E-state index in [0.29, 0.717) is 5.02 Å². The standard InChI is InChI=1S/C26H22ClF3N2O8/c1-14-20(24(34)39-11-10-38-23(33)16-6-8-18(27)9-7-16)22(17-4-3-5-19(12-17)32(36)37)21(15(2)31-14)25(35)40-13-26(28,29)30/h3-9,12,21-22H,10-11,13H2,1-2H3. The molecule has 3 rings (SSSR count). The molecule has 0 amide bonds. The molecule has 212 valence electrons. The molecule has 0 fully saturated rings. The number of non-ortho nitro benzene ring substituents is 1. The summed E-state index contributed by atoms with van der Waals surface area (Å²) in [6.45, 7) is 0.148. The smallest absolute Gasteiger partial charge is 0.422 e. The second-order valence-corrected chi connectivity index (χ2v) is 9.00. The van der Waals surface area contributed by atoms with Crippen LogP contribution in [-0.2, 0) is 23.8 Å². The molecular formula is C26H22ClF3N2O8. The number of nitro benzene ring substituents is 1. The summed E-state index contributed by atoms with van der Waals surface area (Å²) in [4.78, 5) is 53.0. The zero-order valence-corrected chi connectivity index (χ0v) is 21.8. The first-order valence-electron chi connectivity index (χ1n) is 11.6. The van der Waals surface area contributed by atoms with Gasteiger partial charge in [0, 0.05) is 34.5 Å². The van der Waals surface area contributed by atoms with Crippen molar-refractivity contribution in [3.05, 3.63) is 86.1 Å². The van der Waals surface area contributed by atoms with Crippen molar-refractivity contribution >= 4 is 40.9 Å². The minimum absolute atomic E-state index is 0.0367. The van der Waals surface area contributed by atoms with Gasteiger partial charge >= 0.3 is 24.1 Å². The van der Waals surface area contributed by atoms with E-state index >= 15 is 0 Å². The van der Waals surface area contributed by atoms with Crippen LogP contribution in [0.3, 0.4) is 0 Å². The number of allylic oxidation sites excluding steroid dienone is 1. The fourth-order valence-corrected chi connectivity index (χ4v) is 4.18. The van der Waals surface area contributed by atoms with Crippen LogP contribution in [0.4, 0.5) is 18.9 Å². The lowest BCUT2D eigenvalue weighted by atomic mass is 9.75. The Hall–Kier alpha value is -4.26. The van der Waals surface area contributed by atoms with Crippen LogP contribution in [0.5, 0.6) is 0 Å². The maximum Gasteiger partial charge on any atom is 0.422 e. The zero-order valence-electron chi connectivity index (χ0n) is 21.1. The molecule has 2 aromatic carbocycles. The Balaban J connectivity index is 1.85. The predicted octanol–water partition coefficient (Wildman–Crippen LogP) is 5.20. The first-order valence-corrected chi connectivity index (χ1v) is 12.0. The SMILES string of the molecule is CC1=NC(C)=C(C(=O)OCCOC(=O)c2ccc(Cl)cc2)C(c2cccc([N+](=O)[O-])c2)C1C(=O)OCC(F)(F)F. The summed E-state index contributed by atoms with van der Waals surface area (Å²) in [7, 11) is 0. The van der Waals surface area contributed by atoms with Gasteiger partial charge in [-0.1, -0.05) is 23.7 Å². The molecule has 0 aromatic heterocycles. The summed E-state index contributed by atoms with van der Waals surface area (Å²) in [5, 5.41) is 11.8. The van der Waals surface area contributed by atoms with Crippen molar-refractivity contribution in [2.75, 3.05) is 19.8 Å². The molecule has 1 heterocycles. The van der Waals surface area contributed by atoms with Gasteiger partial charge in [0.15, 0.2) is 6.61 Å². The summed E-state index contributed by atoms with van der Waals surface area (Å²) in [6, 6.07) is 10.8. The molecular weight excluding hydrogens is 561 g/mol. The Morgan fingerprint density at radius 1 is 1.00 bits per heavy atom. The quantitative estimate of drug-likeness (QED) is 0.129. The Morgan fingerprint density at radius 3 is 2.23 bits per heavy atom. The van der Waals surface area contributed by atoms with E-state index in [1.54, 1.807) is 0 Å². The Morgan fingerprint density at radius 2 is 1.62 bits per heavy atom. The Bertz CT molecular complexity index is 1370. The molecule has 0 N–H and O–H groups in total. The first-order chi connectivity index (χ1) is 18.8. The molecule has 14 heteroatoms. The van der Waals surface area contributed by atoms with E-state index in [1.807, 2.05) is 0 Å². The van der Waals surface area contributed by atoms with Crippen LogP contribution in [-0.4, -0.2) is 54.5 Å². The number of rotatable bonds is 9. The number of aliphatic imine (C=N–C) groups is 1. The first kappa shape index (κ1) is 30.3. The Labute approximate surface area is 230 Å². The van der Waals surface area contributed by atoms with Crippen LogP contribution < -0.4 is 0 Å². The van der Waals surface area contributed by atoms with Gasteiger partial charge in [-0.15, -0.1) is 0 Å². The fraction of sp³-hybridized carbons (Fsp3) is 0.308. The van der Waals surface area contributed by atoms with E-state index < -0.39 is 54.1 Å². The van der Waals surface area contributed by atoms with Crippen molar-refractivity contribution in [1.29, 1.82) is 0 Å². The van der Waals surface area contributed by atoms with E-state index in [4.69, 9.17) is 21.1 Å². The van der Waals surface area contributed by atoms with Crippen molar-refractivity contribution in [3.63, 3.8) is 0 Å². The predicted molar refractivity (Wildman–Crippen MR) is 135 cm³/mol. The van der Waals surface area contributed by atoms with Crippen molar-refractivity contribution in [1.82, 2.24) is 0 Å². The molecule has 0 radical (unpaired) electrons. The lowest BCUT2D eigenvalue weighted by Crippen LogP contribution is -2.38. The third-order valence-corrected chi connectivity index (χ3v) is 6.00. The van der Waals surface area contributed by atoms with Gasteiger partial charge in [0.25, 0.3) is 5.69 Å². The summed E-state index contributed by atoms with van der Waals surface area (Å²) in [5.41, 5.74) is -0.189. The van der Waals surface area contributed by atoms with E-state index in [1.165, 1.54) is 56.3 Å². The number of esters is 3. The number of halogens is 4. The molecule has 2 atom stereocenters. The van der Waals surface area contributed by atoms with E-state index in [9.17, 15) is 37.7 Å². The minimum Gasteiger partial charge on any atom is -0.459 e. The van der Waals surface area contributed by atoms with Crippen molar-refractivity contribution in [2.45, 2.75) is 25.9 Å². The van der Waals surface area contributed by atoms with Crippen LogP contribution in [0.25, 0.3) is 0 Å². The normalized spacial score (nSPS) is 17.1. The molecule has 2 aromatic rings. The molecule has 1 aliphatic heterocycles. The number of benzene rings is 2. The fourth-order valence-electron chi connectivity index (χ4n) is 4.06. The van der Waals surface area contributed by atoms with Gasteiger partial charge in [-0.3, -0.25) is 19.9 Å². The summed E-state index contributed by atoms with van der Waals surface area (Å²) in [6.07, 6.45) is -4.81. The van der Waals surface area contributed by atoms with Gasteiger partial charge < -0.3 is 14.2 Å². The van der Waals surface area contributed by atoms with Crippen LogP contribution in [0.2, 0.25) is 5.02 Å². The lowest BCUT2D eigenvalue weighted by molar-refractivity contribution is -0.384. The van der Waals surface area contributed by atoms with Crippen LogP contribution in [0.15, 0.2) is 64.8 Å². The largest absolute Gasteiger partial charge is 0.459 e. The highest BCUT2D eigenvalue weighted by Crippen LogP contribution is 2.41. The van der Waals surface area contributed by atoms with Gasteiger partial charge in [-0.25, -0.2) is 9.59 Å². The molecule has 0 saturated heterocycles. The second kappa shape index (κ2) is 12.7. The molecule has 1 aliphatic rings. The van der Waals surface area contributed by atoms with E-state index in [2.05, 4.69) is 9.73 Å². The molecule has 0 saturated carbocycles. The highest BCUT2D eigenvalue weighted by molar-refractivity contribution is 6.30. The number of carbonyl (C=O) groups is 3. The van der Waals surface area contributed by atoms with E-state index in [-0.39, 0.29) is 40.4 Å². The van der Waals surface area contributed by atoms with Crippen molar-refractivity contribution in [3.8, 4) is 0 Å². The molecule has 40 heavy (non-hydrogen) atoms. The molecule has 2 unspecified atom stereocenters. The van der Waals surface area contributed by atoms with Crippen molar-refractivity contribution in [2.24, 2.45) is 10.9 Å². The zero-order chi connectivity index (χ0) is 29.6. The summed E-state index contributed by atoms with van der Waals surface area (Å²) >= 11 is 5.78. The number of hydrogen-bond acceptors (Lipinski definition) is 9. The topological polar surface area (TPSA) is 134 Å². The maximum absolute atomic E-state index is 13.2. The number of hydrogen-bond donors (Lipinski definition) is 0. The number of ether oxygens (including phenoxy) is 3. The molecule has 10 nitrogen and oxygen atoms in total. The van der Waals surface area contributed by atoms with Crippen LogP contribution >= 0.6 is 11.6 Å². The minimum atomic E-state index is -4.81. The number of alkyl halides is 3.